The highest BCUT2D eigenvalue weighted by Crippen LogP contribution is 2.20. The van der Waals surface area contributed by atoms with E-state index in [1.54, 1.807) is 13.0 Å². The summed E-state index contributed by atoms with van der Waals surface area (Å²) in [7, 11) is -3.68. The molecule has 1 unspecified atom stereocenters. The molecule has 1 aromatic rings. The van der Waals surface area contributed by atoms with Gasteiger partial charge in [-0.3, -0.25) is 4.79 Å². The molecule has 0 radical (unpaired) electrons. The lowest BCUT2D eigenvalue weighted by molar-refractivity contribution is -0.120. The van der Waals surface area contributed by atoms with Crippen molar-refractivity contribution in [1.82, 2.24) is 5.32 Å². The fourth-order valence-electron chi connectivity index (χ4n) is 1.56. The van der Waals surface area contributed by atoms with Gasteiger partial charge in [-0.2, -0.15) is 0 Å². The number of hydrogen-bond acceptors (Lipinski definition) is 4. The van der Waals surface area contributed by atoms with E-state index in [1.807, 2.05) is 6.92 Å². The van der Waals surface area contributed by atoms with Gasteiger partial charge in [0.1, 0.15) is 5.25 Å². The number of aryl methyl sites for hydroxylation is 1. The average Bonchev–Trinajstić information content (AvgIpc) is 2.37. The summed E-state index contributed by atoms with van der Waals surface area (Å²) in [6.45, 7) is 5.50. The molecule has 0 aliphatic rings. The first-order valence-electron chi connectivity index (χ1n) is 6.18. The molecule has 19 heavy (non-hydrogen) atoms. The van der Waals surface area contributed by atoms with Gasteiger partial charge in [0.2, 0.25) is 5.91 Å². The zero-order valence-corrected chi connectivity index (χ0v) is 12.3. The van der Waals surface area contributed by atoms with Crippen LogP contribution in [0.2, 0.25) is 0 Å². The van der Waals surface area contributed by atoms with Gasteiger partial charge < -0.3 is 11.1 Å². The zero-order valence-electron chi connectivity index (χ0n) is 11.4. The Hall–Kier alpha value is -1.56. The van der Waals surface area contributed by atoms with Gasteiger partial charge in [-0.1, -0.05) is 6.92 Å². The fraction of sp³-hybridized carbons (Fsp3) is 0.462. The number of anilines is 1. The Morgan fingerprint density at radius 3 is 2.58 bits per heavy atom. The van der Waals surface area contributed by atoms with Gasteiger partial charge in [-0.25, -0.2) is 8.42 Å². The van der Waals surface area contributed by atoms with Crippen LogP contribution < -0.4 is 11.1 Å². The van der Waals surface area contributed by atoms with Crippen LogP contribution in [0.5, 0.6) is 0 Å². The van der Waals surface area contributed by atoms with Crippen molar-refractivity contribution in [2.24, 2.45) is 0 Å². The Kier molecular flexibility index (Phi) is 4.94. The summed E-state index contributed by atoms with van der Waals surface area (Å²) < 4.78 is 24.6. The van der Waals surface area contributed by atoms with Crippen molar-refractivity contribution in [3.8, 4) is 0 Å². The summed E-state index contributed by atoms with van der Waals surface area (Å²) in [6, 6.07) is 4.47. The molecule has 0 spiro atoms. The molecule has 0 bridgehead atoms. The van der Waals surface area contributed by atoms with Crippen LogP contribution in [0.25, 0.3) is 0 Å². The summed E-state index contributed by atoms with van der Waals surface area (Å²) in [4.78, 5) is 11.9. The van der Waals surface area contributed by atoms with Gasteiger partial charge in [0.05, 0.1) is 4.90 Å². The maximum atomic E-state index is 12.3. The molecular weight excluding hydrogens is 264 g/mol. The average molecular weight is 284 g/mol. The van der Waals surface area contributed by atoms with Crippen molar-refractivity contribution >= 4 is 21.4 Å². The van der Waals surface area contributed by atoms with Gasteiger partial charge >= 0.3 is 0 Å². The quantitative estimate of drug-likeness (QED) is 0.797. The number of carbonyl (C=O) groups is 1. The number of benzene rings is 1. The summed E-state index contributed by atoms with van der Waals surface area (Å²) in [5, 5.41) is 1.48. The van der Waals surface area contributed by atoms with E-state index in [-0.39, 0.29) is 4.90 Å². The number of nitrogen functional groups attached to an aromatic ring is 1. The van der Waals surface area contributed by atoms with E-state index < -0.39 is 21.0 Å². The molecule has 1 atom stereocenters. The van der Waals surface area contributed by atoms with Gasteiger partial charge in [-0.05, 0) is 44.0 Å². The first-order valence-corrected chi connectivity index (χ1v) is 7.73. The molecule has 0 saturated carbocycles. The lowest BCUT2D eigenvalue weighted by atomic mass is 10.2. The second-order valence-electron chi connectivity index (χ2n) is 4.50. The van der Waals surface area contributed by atoms with E-state index in [4.69, 9.17) is 5.73 Å². The van der Waals surface area contributed by atoms with Crippen molar-refractivity contribution in [3.05, 3.63) is 23.8 Å². The first kappa shape index (κ1) is 15.5. The number of nitrogens with two attached hydrogens (primary N) is 1. The van der Waals surface area contributed by atoms with Crippen LogP contribution in [-0.2, 0) is 14.6 Å². The number of sulfone groups is 1. The molecule has 3 N–H and O–H groups in total. The Labute approximate surface area is 114 Å². The van der Waals surface area contributed by atoms with Crippen LogP contribution in [-0.4, -0.2) is 26.1 Å². The molecule has 0 aromatic heterocycles. The minimum absolute atomic E-state index is 0.123. The largest absolute Gasteiger partial charge is 0.399 e. The second kappa shape index (κ2) is 6.06. The van der Waals surface area contributed by atoms with Gasteiger partial charge in [0.25, 0.3) is 0 Å². The molecule has 6 heteroatoms. The highest BCUT2D eigenvalue weighted by molar-refractivity contribution is 7.92. The summed E-state index contributed by atoms with van der Waals surface area (Å²) in [5.74, 6) is -0.476. The van der Waals surface area contributed by atoms with E-state index in [0.29, 0.717) is 17.8 Å². The Balaban J connectivity index is 3.02. The van der Waals surface area contributed by atoms with E-state index >= 15 is 0 Å². The molecule has 1 aromatic carbocycles. The van der Waals surface area contributed by atoms with Crippen LogP contribution in [0, 0.1) is 6.92 Å². The molecule has 0 aliphatic heterocycles. The third-order valence-corrected chi connectivity index (χ3v) is 5.01. The van der Waals surface area contributed by atoms with E-state index in [2.05, 4.69) is 5.32 Å². The monoisotopic (exact) mass is 284 g/mol. The highest BCUT2D eigenvalue weighted by atomic mass is 32.2. The van der Waals surface area contributed by atoms with Crippen molar-refractivity contribution in [1.29, 1.82) is 0 Å². The van der Waals surface area contributed by atoms with Gasteiger partial charge in [-0.15, -0.1) is 0 Å². The van der Waals surface area contributed by atoms with Crippen molar-refractivity contribution < 1.29 is 13.2 Å². The van der Waals surface area contributed by atoms with Crippen LogP contribution >= 0.6 is 0 Å². The third kappa shape index (κ3) is 3.47. The Bertz CT molecular complexity index is 567. The van der Waals surface area contributed by atoms with Crippen molar-refractivity contribution in [3.63, 3.8) is 0 Å². The van der Waals surface area contributed by atoms with Gasteiger partial charge in [0, 0.05) is 12.2 Å². The molecule has 0 fully saturated rings. The molecule has 0 saturated heterocycles. The molecule has 1 rings (SSSR count). The van der Waals surface area contributed by atoms with Crippen LogP contribution in [0.4, 0.5) is 5.69 Å². The Morgan fingerprint density at radius 2 is 2.05 bits per heavy atom. The molecular formula is C13H20N2O3S. The third-order valence-electron chi connectivity index (χ3n) is 2.95. The normalized spacial score (nSPS) is 13.0. The minimum atomic E-state index is -3.68. The Morgan fingerprint density at radius 1 is 1.42 bits per heavy atom. The number of carbonyl (C=O) groups excluding carboxylic acids is 1. The van der Waals surface area contributed by atoms with Crippen LogP contribution in [0.3, 0.4) is 0 Å². The lowest BCUT2D eigenvalue weighted by Crippen LogP contribution is -2.38. The molecule has 0 aliphatic carbocycles. The number of nitrogens with one attached hydrogen (secondary N) is 1. The van der Waals surface area contributed by atoms with Crippen molar-refractivity contribution in [2.75, 3.05) is 12.3 Å². The fourth-order valence-corrected chi connectivity index (χ4v) is 2.93. The maximum Gasteiger partial charge on any atom is 0.238 e. The smallest absolute Gasteiger partial charge is 0.238 e. The predicted molar refractivity (Wildman–Crippen MR) is 75.5 cm³/mol. The standard InChI is InChI=1S/C13H20N2O3S/c1-4-7-15-13(16)10(3)19(17,18)11-5-6-12(14)9(2)8-11/h5-6,8,10H,4,7,14H2,1-3H3,(H,15,16). The van der Waals surface area contributed by atoms with Gasteiger partial charge in [0.15, 0.2) is 9.84 Å². The number of amides is 1. The number of hydrogen-bond donors (Lipinski definition) is 2. The predicted octanol–water partition coefficient (Wildman–Crippen LogP) is 1.27. The molecule has 106 valence electrons. The SMILES string of the molecule is CCCNC(=O)C(C)S(=O)(=O)c1ccc(N)c(C)c1. The molecule has 5 nitrogen and oxygen atoms in total. The van der Waals surface area contributed by atoms with E-state index in [0.717, 1.165) is 6.42 Å². The molecule has 0 heterocycles. The van der Waals surface area contributed by atoms with Crippen molar-refractivity contribution in [2.45, 2.75) is 37.3 Å². The zero-order chi connectivity index (χ0) is 14.6. The first-order chi connectivity index (χ1) is 8.80. The van der Waals surface area contributed by atoms with E-state index in [9.17, 15) is 13.2 Å². The number of rotatable bonds is 5. The van der Waals surface area contributed by atoms with Crippen LogP contribution in [0.15, 0.2) is 23.1 Å². The van der Waals surface area contributed by atoms with E-state index in [1.165, 1.54) is 19.1 Å². The minimum Gasteiger partial charge on any atom is -0.399 e. The maximum absolute atomic E-state index is 12.3. The van der Waals surface area contributed by atoms with Crippen LogP contribution in [0.1, 0.15) is 25.8 Å². The second-order valence-corrected chi connectivity index (χ2v) is 6.77. The summed E-state index contributed by atoms with van der Waals surface area (Å²) in [5.41, 5.74) is 6.87. The summed E-state index contributed by atoms with van der Waals surface area (Å²) in [6.07, 6.45) is 0.763. The molecule has 1 amide bonds. The lowest BCUT2D eigenvalue weighted by Gasteiger charge is -2.14. The topological polar surface area (TPSA) is 89.3 Å². The summed E-state index contributed by atoms with van der Waals surface area (Å²) >= 11 is 0. The highest BCUT2D eigenvalue weighted by Gasteiger charge is 2.29.